The van der Waals surface area contributed by atoms with Crippen LogP contribution in [0.4, 0.5) is 0 Å². The van der Waals surface area contributed by atoms with Crippen LogP contribution in [-0.2, 0) is 22.4 Å². The highest BCUT2D eigenvalue weighted by molar-refractivity contribution is 5.82. The number of likely N-dealkylation sites (N-methyl/N-ethyl adjacent to an activating group) is 1. The topological polar surface area (TPSA) is 66.8 Å². The molecule has 0 aromatic heterocycles. The molecule has 1 amide bonds. The van der Waals surface area contributed by atoms with Gasteiger partial charge in [0.05, 0.1) is 0 Å². The Morgan fingerprint density at radius 3 is 2.79 bits per heavy atom. The predicted molar refractivity (Wildman–Crippen MR) is 69.2 cm³/mol. The summed E-state index contributed by atoms with van der Waals surface area (Å²) in [5, 5.41) is 8.59. The van der Waals surface area contributed by atoms with Crippen LogP contribution in [0.25, 0.3) is 0 Å². The van der Waals surface area contributed by atoms with Crippen molar-refractivity contribution in [2.24, 2.45) is 0 Å². The van der Waals surface area contributed by atoms with Crippen LogP contribution in [0.1, 0.15) is 17.5 Å². The molecule has 0 fully saturated rings. The lowest BCUT2D eigenvalue weighted by atomic mass is 10.1. The van der Waals surface area contributed by atoms with Gasteiger partial charge >= 0.3 is 5.97 Å². The molecule has 1 aromatic rings. The van der Waals surface area contributed by atoms with Crippen molar-refractivity contribution in [3.63, 3.8) is 0 Å². The van der Waals surface area contributed by atoms with Crippen molar-refractivity contribution in [1.29, 1.82) is 0 Å². The molecule has 0 aliphatic heterocycles. The molecule has 0 atom stereocenters. The fourth-order valence-electron chi connectivity index (χ4n) is 2.18. The maximum Gasteiger partial charge on any atom is 0.323 e. The summed E-state index contributed by atoms with van der Waals surface area (Å²) in [5.41, 5.74) is 2.63. The van der Waals surface area contributed by atoms with E-state index in [9.17, 15) is 9.59 Å². The molecule has 5 heteroatoms. The molecule has 0 radical (unpaired) electrons. The van der Waals surface area contributed by atoms with E-state index in [4.69, 9.17) is 9.84 Å². The SMILES string of the molecule is CN(CC(=O)O)C(=O)COc1ccc2c(c1)CCC2. The average molecular weight is 263 g/mol. The van der Waals surface area contributed by atoms with Gasteiger partial charge in [-0.25, -0.2) is 0 Å². The average Bonchev–Trinajstić information content (AvgIpc) is 2.82. The van der Waals surface area contributed by atoms with E-state index in [1.54, 1.807) is 0 Å². The molecule has 2 rings (SSSR count). The second-order valence-electron chi connectivity index (χ2n) is 4.72. The van der Waals surface area contributed by atoms with E-state index in [1.807, 2.05) is 18.2 Å². The predicted octanol–water partition coefficient (Wildman–Crippen LogP) is 1.10. The van der Waals surface area contributed by atoms with Crippen molar-refractivity contribution >= 4 is 11.9 Å². The summed E-state index contributed by atoms with van der Waals surface area (Å²) in [5.74, 6) is -0.714. The zero-order valence-corrected chi connectivity index (χ0v) is 10.9. The second-order valence-corrected chi connectivity index (χ2v) is 4.72. The summed E-state index contributed by atoms with van der Waals surface area (Å²) >= 11 is 0. The maximum absolute atomic E-state index is 11.6. The molecular formula is C14H17NO4. The summed E-state index contributed by atoms with van der Waals surface area (Å²) in [6, 6.07) is 5.85. The number of rotatable bonds is 5. The van der Waals surface area contributed by atoms with Gasteiger partial charge in [-0.15, -0.1) is 0 Å². The van der Waals surface area contributed by atoms with E-state index in [2.05, 4.69) is 0 Å². The van der Waals surface area contributed by atoms with Crippen LogP contribution in [0, 0.1) is 0 Å². The van der Waals surface area contributed by atoms with Crippen LogP contribution in [-0.4, -0.2) is 42.1 Å². The molecule has 1 aliphatic carbocycles. The number of aliphatic carboxylic acids is 1. The quantitative estimate of drug-likeness (QED) is 0.863. The van der Waals surface area contributed by atoms with E-state index < -0.39 is 5.97 Å². The third-order valence-corrected chi connectivity index (χ3v) is 3.23. The van der Waals surface area contributed by atoms with Crippen LogP contribution < -0.4 is 4.74 Å². The standard InChI is InChI=1S/C14H17NO4/c1-15(8-14(17)18)13(16)9-19-12-6-5-10-3-2-4-11(10)7-12/h5-7H,2-4,8-9H2,1H3,(H,17,18). The Balaban J connectivity index is 1.88. The molecule has 5 nitrogen and oxygen atoms in total. The van der Waals surface area contributed by atoms with Gasteiger partial charge in [0.2, 0.25) is 0 Å². The van der Waals surface area contributed by atoms with E-state index in [1.165, 1.54) is 24.6 Å². The molecule has 0 bridgehead atoms. The summed E-state index contributed by atoms with van der Waals surface area (Å²) < 4.78 is 5.41. The van der Waals surface area contributed by atoms with Crippen LogP contribution in [0.15, 0.2) is 18.2 Å². The number of ether oxygens (including phenoxy) is 1. The number of carbonyl (C=O) groups excluding carboxylic acids is 1. The third-order valence-electron chi connectivity index (χ3n) is 3.23. The molecule has 102 valence electrons. The number of benzene rings is 1. The highest BCUT2D eigenvalue weighted by Gasteiger charge is 2.14. The Labute approximate surface area is 111 Å². The third kappa shape index (κ3) is 3.47. The molecule has 1 aromatic carbocycles. The van der Waals surface area contributed by atoms with Crippen molar-refractivity contribution in [3.05, 3.63) is 29.3 Å². The largest absolute Gasteiger partial charge is 0.484 e. The van der Waals surface area contributed by atoms with Crippen molar-refractivity contribution in [2.75, 3.05) is 20.2 Å². The minimum Gasteiger partial charge on any atom is -0.484 e. The number of fused-ring (bicyclic) bond motifs is 1. The fraction of sp³-hybridized carbons (Fsp3) is 0.429. The number of aryl methyl sites for hydroxylation is 2. The molecule has 0 saturated carbocycles. The van der Waals surface area contributed by atoms with Gasteiger partial charge in [0, 0.05) is 7.05 Å². The van der Waals surface area contributed by atoms with Crippen molar-refractivity contribution in [2.45, 2.75) is 19.3 Å². The second kappa shape index (κ2) is 5.73. The van der Waals surface area contributed by atoms with Gasteiger partial charge in [0.15, 0.2) is 6.61 Å². The molecule has 1 aliphatic rings. The number of amides is 1. The molecule has 19 heavy (non-hydrogen) atoms. The molecular weight excluding hydrogens is 246 g/mol. The monoisotopic (exact) mass is 263 g/mol. The Bertz CT molecular complexity index is 498. The Hall–Kier alpha value is -2.04. The van der Waals surface area contributed by atoms with Gasteiger partial charge in [-0.05, 0) is 42.5 Å². The molecule has 0 spiro atoms. The number of hydrogen-bond donors (Lipinski definition) is 1. The first kappa shape index (κ1) is 13.4. The minimum absolute atomic E-state index is 0.136. The zero-order valence-electron chi connectivity index (χ0n) is 10.9. The highest BCUT2D eigenvalue weighted by Crippen LogP contribution is 2.25. The normalized spacial score (nSPS) is 12.9. The number of hydrogen-bond acceptors (Lipinski definition) is 3. The fourth-order valence-corrected chi connectivity index (χ4v) is 2.18. The van der Waals surface area contributed by atoms with Crippen molar-refractivity contribution in [3.8, 4) is 5.75 Å². The van der Waals surface area contributed by atoms with Gasteiger partial charge in [-0.2, -0.15) is 0 Å². The van der Waals surface area contributed by atoms with Crippen molar-refractivity contribution < 1.29 is 19.4 Å². The summed E-state index contributed by atoms with van der Waals surface area (Å²) in [7, 11) is 1.45. The van der Waals surface area contributed by atoms with Crippen LogP contribution in [0.3, 0.4) is 0 Å². The van der Waals surface area contributed by atoms with E-state index in [0.29, 0.717) is 5.75 Å². The first-order valence-corrected chi connectivity index (χ1v) is 6.26. The van der Waals surface area contributed by atoms with E-state index >= 15 is 0 Å². The summed E-state index contributed by atoms with van der Waals surface area (Å²) in [4.78, 5) is 23.2. The van der Waals surface area contributed by atoms with Gasteiger partial charge in [0.1, 0.15) is 12.3 Å². The lowest BCUT2D eigenvalue weighted by molar-refractivity contribution is -0.144. The Kier molecular flexibility index (Phi) is 4.04. The van der Waals surface area contributed by atoms with Gasteiger partial charge < -0.3 is 14.7 Å². The van der Waals surface area contributed by atoms with Crippen molar-refractivity contribution in [1.82, 2.24) is 4.90 Å². The van der Waals surface area contributed by atoms with Crippen LogP contribution in [0.5, 0.6) is 5.75 Å². The van der Waals surface area contributed by atoms with Gasteiger partial charge in [-0.1, -0.05) is 6.07 Å². The lowest BCUT2D eigenvalue weighted by Gasteiger charge is -2.15. The minimum atomic E-state index is -1.03. The smallest absolute Gasteiger partial charge is 0.323 e. The zero-order chi connectivity index (χ0) is 13.8. The number of nitrogens with zero attached hydrogens (tertiary/aromatic N) is 1. The van der Waals surface area contributed by atoms with Gasteiger partial charge in [0.25, 0.3) is 5.91 Å². The molecule has 0 heterocycles. The highest BCUT2D eigenvalue weighted by atomic mass is 16.5. The van der Waals surface area contributed by atoms with Crippen LogP contribution >= 0.6 is 0 Å². The molecule has 0 saturated heterocycles. The number of carboxylic acid groups (broad SMARTS) is 1. The summed E-state index contributed by atoms with van der Waals surface area (Å²) in [6.07, 6.45) is 3.33. The summed E-state index contributed by atoms with van der Waals surface area (Å²) in [6.45, 7) is -0.449. The Morgan fingerprint density at radius 2 is 2.05 bits per heavy atom. The van der Waals surface area contributed by atoms with E-state index in [0.717, 1.165) is 17.7 Å². The lowest BCUT2D eigenvalue weighted by Crippen LogP contribution is -2.35. The number of carbonyl (C=O) groups is 2. The number of carboxylic acids is 1. The Morgan fingerprint density at radius 1 is 1.32 bits per heavy atom. The first-order valence-electron chi connectivity index (χ1n) is 6.26. The van der Waals surface area contributed by atoms with Crippen LogP contribution in [0.2, 0.25) is 0 Å². The molecule has 1 N–H and O–H groups in total. The van der Waals surface area contributed by atoms with E-state index in [-0.39, 0.29) is 19.1 Å². The first-order chi connectivity index (χ1) is 9.06. The molecule has 0 unspecified atom stereocenters. The van der Waals surface area contributed by atoms with Gasteiger partial charge in [-0.3, -0.25) is 9.59 Å². The maximum atomic E-state index is 11.6.